The molecule has 1 heterocycles. The Hall–Kier alpha value is -1.88. The Labute approximate surface area is 157 Å². The summed E-state index contributed by atoms with van der Waals surface area (Å²) in [6.07, 6.45) is 2.38. The van der Waals surface area contributed by atoms with Crippen molar-refractivity contribution in [1.82, 2.24) is 9.80 Å². The normalized spacial score (nSPS) is 20.3. The third-order valence-corrected chi connectivity index (χ3v) is 5.59. The molecular weight excluding hydrogens is 328 g/mol. The summed E-state index contributed by atoms with van der Waals surface area (Å²) < 4.78 is 0. The zero-order valence-corrected chi connectivity index (χ0v) is 16.1. The molecule has 1 saturated heterocycles. The number of carbonyl (C=O) groups is 2. The second-order valence-electron chi connectivity index (χ2n) is 7.22. The highest BCUT2D eigenvalue weighted by molar-refractivity contribution is 5.79. The predicted octanol–water partition coefficient (Wildman–Crippen LogP) is 2.90. The second kappa shape index (κ2) is 10.3. The molecule has 1 N–H and O–H groups in total. The van der Waals surface area contributed by atoms with E-state index < -0.39 is 5.97 Å². The van der Waals surface area contributed by atoms with E-state index in [4.69, 9.17) is 0 Å². The third kappa shape index (κ3) is 6.13. The molecule has 0 aromatic heterocycles. The Bertz CT molecular complexity index is 572. The summed E-state index contributed by atoms with van der Waals surface area (Å²) in [5.74, 6) is -0.145. The van der Waals surface area contributed by atoms with Crippen molar-refractivity contribution in [2.75, 3.05) is 32.7 Å². The van der Waals surface area contributed by atoms with Crippen molar-refractivity contribution < 1.29 is 14.7 Å². The molecule has 0 bridgehead atoms. The van der Waals surface area contributed by atoms with Crippen LogP contribution >= 0.6 is 0 Å². The van der Waals surface area contributed by atoms with Crippen LogP contribution in [-0.2, 0) is 16.0 Å². The standard InChI is InChI=1S/C21H32N2O3/c1-3-22(4-2)12-10-19-16-23(13-11-18(19)15-21(25)26)20(24)14-17-8-6-5-7-9-17/h5-9,18-19H,3-4,10-16H2,1-2H3,(H,25,26). The molecule has 1 aromatic rings. The minimum absolute atomic E-state index is 0.151. The number of nitrogens with zero attached hydrogens (tertiary/aromatic N) is 2. The number of rotatable bonds is 9. The first kappa shape index (κ1) is 20.4. The van der Waals surface area contributed by atoms with Crippen molar-refractivity contribution in [2.45, 2.75) is 39.5 Å². The molecule has 0 spiro atoms. The fourth-order valence-corrected chi connectivity index (χ4v) is 3.90. The molecule has 2 unspecified atom stereocenters. The number of likely N-dealkylation sites (tertiary alicyclic amines) is 1. The van der Waals surface area contributed by atoms with Gasteiger partial charge in [0.1, 0.15) is 0 Å². The van der Waals surface area contributed by atoms with Gasteiger partial charge in [-0.1, -0.05) is 44.2 Å². The molecule has 1 aromatic carbocycles. The highest BCUT2D eigenvalue weighted by Gasteiger charge is 2.32. The molecule has 1 fully saturated rings. The Kier molecular flexibility index (Phi) is 8.10. The van der Waals surface area contributed by atoms with E-state index in [0.717, 1.165) is 38.0 Å². The topological polar surface area (TPSA) is 60.9 Å². The van der Waals surface area contributed by atoms with Gasteiger partial charge in [0.05, 0.1) is 6.42 Å². The van der Waals surface area contributed by atoms with Crippen LogP contribution in [0.5, 0.6) is 0 Å². The lowest BCUT2D eigenvalue weighted by atomic mass is 9.81. The smallest absolute Gasteiger partial charge is 0.303 e. The number of benzene rings is 1. The van der Waals surface area contributed by atoms with Gasteiger partial charge in [0, 0.05) is 19.5 Å². The number of hydrogen-bond acceptors (Lipinski definition) is 3. The minimum Gasteiger partial charge on any atom is -0.481 e. The van der Waals surface area contributed by atoms with Crippen LogP contribution in [0.3, 0.4) is 0 Å². The van der Waals surface area contributed by atoms with Gasteiger partial charge in [-0.25, -0.2) is 0 Å². The first-order valence-corrected chi connectivity index (χ1v) is 9.79. The van der Waals surface area contributed by atoms with Crippen LogP contribution in [0.4, 0.5) is 0 Å². The molecule has 0 saturated carbocycles. The maximum atomic E-state index is 12.7. The summed E-state index contributed by atoms with van der Waals surface area (Å²) in [7, 11) is 0. The average molecular weight is 360 g/mol. The zero-order valence-electron chi connectivity index (χ0n) is 16.1. The number of carbonyl (C=O) groups excluding carboxylic acids is 1. The van der Waals surface area contributed by atoms with E-state index in [9.17, 15) is 14.7 Å². The maximum absolute atomic E-state index is 12.7. The molecule has 0 radical (unpaired) electrons. The van der Waals surface area contributed by atoms with E-state index in [-0.39, 0.29) is 24.2 Å². The Balaban J connectivity index is 1.98. The van der Waals surface area contributed by atoms with Crippen LogP contribution in [0.25, 0.3) is 0 Å². The van der Waals surface area contributed by atoms with Crippen molar-refractivity contribution >= 4 is 11.9 Å². The predicted molar refractivity (Wildman–Crippen MR) is 103 cm³/mol. The Morgan fingerprint density at radius 1 is 1.15 bits per heavy atom. The van der Waals surface area contributed by atoms with Crippen molar-refractivity contribution in [3.8, 4) is 0 Å². The summed E-state index contributed by atoms with van der Waals surface area (Å²) in [6.45, 7) is 8.63. The van der Waals surface area contributed by atoms with Crippen LogP contribution in [0.2, 0.25) is 0 Å². The number of carboxylic acid groups (broad SMARTS) is 1. The first-order valence-electron chi connectivity index (χ1n) is 9.79. The number of carboxylic acids is 1. The molecule has 2 rings (SSSR count). The molecule has 26 heavy (non-hydrogen) atoms. The Morgan fingerprint density at radius 3 is 2.46 bits per heavy atom. The van der Waals surface area contributed by atoms with Gasteiger partial charge in [0.25, 0.3) is 0 Å². The zero-order chi connectivity index (χ0) is 18.9. The molecule has 1 aliphatic heterocycles. The van der Waals surface area contributed by atoms with Crippen LogP contribution in [-0.4, -0.2) is 59.5 Å². The monoisotopic (exact) mass is 360 g/mol. The number of aliphatic carboxylic acids is 1. The number of piperidine rings is 1. The van der Waals surface area contributed by atoms with Crippen molar-refractivity contribution in [2.24, 2.45) is 11.8 Å². The largest absolute Gasteiger partial charge is 0.481 e. The highest BCUT2D eigenvalue weighted by atomic mass is 16.4. The minimum atomic E-state index is -0.730. The molecule has 5 nitrogen and oxygen atoms in total. The van der Waals surface area contributed by atoms with Gasteiger partial charge in [-0.15, -0.1) is 0 Å². The van der Waals surface area contributed by atoms with Gasteiger partial charge in [0.15, 0.2) is 0 Å². The van der Waals surface area contributed by atoms with Gasteiger partial charge in [0.2, 0.25) is 5.91 Å². The van der Waals surface area contributed by atoms with Crippen molar-refractivity contribution in [3.05, 3.63) is 35.9 Å². The van der Waals surface area contributed by atoms with Gasteiger partial charge in [-0.2, -0.15) is 0 Å². The van der Waals surface area contributed by atoms with E-state index in [1.807, 2.05) is 35.2 Å². The van der Waals surface area contributed by atoms with Gasteiger partial charge in [-0.05, 0) is 49.9 Å². The van der Waals surface area contributed by atoms with Crippen LogP contribution in [0, 0.1) is 11.8 Å². The maximum Gasteiger partial charge on any atom is 0.303 e. The average Bonchev–Trinajstić information content (AvgIpc) is 2.64. The molecule has 144 valence electrons. The van der Waals surface area contributed by atoms with Crippen molar-refractivity contribution in [3.63, 3.8) is 0 Å². The van der Waals surface area contributed by atoms with E-state index in [0.29, 0.717) is 19.5 Å². The SMILES string of the molecule is CCN(CC)CCC1CN(C(=O)Cc2ccccc2)CCC1CC(=O)O. The Morgan fingerprint density at radius 2 is 1.85 bits per heavy atom. The summed E-state index contributed by atoms with van der Waals surface area (Å²) in [4.78, 5) is 28.2. The van der Waals surface area contributed by atoms with E-state index in [2.05, 4.69) is 18.7 Å². The van der Waals surface area contributed by atoms with E-state index in [1.54, 1.807) is 0 Å². The molecule has 2 atom stereocenters. The van der Waals surface area contributed by atoms with E-state index >= 15 is 0 Å². The highest BCUT2D eigenvalue weighted by Crippen LogP contribution is 2.30. The lowest BCUT2D eigenvalue weighted by Gasteiger charge is -2.39. The summed E-state index contributed by atoms with van der Waals surface area (Å²) in [6, 6.07) is 9.82. The molecule has 5 heteroatoms. The van der Waals surface area contributed by atoms with Crippen LogP contribution in [0.15, 0.2) is 30.3 Å². The number of amides is 1. The van der Waals surface area contributed by atoms with Gasteiger partial charge < -0.3 is 14.9 Å². The van der Waals surface area contributed by atoms with Gasteiger partial charge in [-0.3, -0.25) is 9.59 Å². The van der Waals surface area contributed by atoms with E-state index in [1.165, 1.54) is 0 Å². The van der Waals surface area contributed by atoms with Crippen molar-refractivity contribution in [1.29, 1.82) is 0 Å². The summed E-state index contributed by atoms with van der Waals surface area (Å²) in [5.41, 5.74) is 1.03. The van der Waals surface area contributed by atoms with Crippen LogP contribution in [0.1, 0.15) is 38.7 Å². The summed E-state index contributed by atoms with van der Waals surface area (Å²) >= 11 is 0. The fraction of sp³-hybridized carbons (Fsp3) is 0.619. The molecular formula is C21H32N2O3. The fourth-order valence-electron chi connectivity index (χ4n) is 3.90. The molecule has 0 aliphatic carbocycles. The molecule has 1 amide bonds. The third-order valence-electron chi connectivity index (χ3n) is 5.59. The van der Waals surface area contributed by atoms with Crippen LogP contribution < -0.4 is 0 Å². The molecule has 1 aliphatic rings. The summed E-state index contributed by atoms with van der Waals surface area (Å²) in [5, 5.41) is 9.23. The number of hydrogen-bond donors (Lipinski definition) is 1. The first-order chi connectivity index (χ1) is 12.5. The second-order valence-corrected chi connectivity index (χ2v) is 7.22. The quantitative estimate of drug-likeness (QED) is 0.736. The lowest BCUT2D eigenvalue weighted by Crippen LogP contribution is -2.45. The van der Waals surface area contributed by atoms with Gasteiger partial charge >= 0.3 is 5.97 Å². The lowest BCUT2D eigenvalue weighted by molar-refractivity contribution is -0.139.